The quantitative estimate of drug-likeness (QED) is 0.235. The van der Waals surface area contributed by atoms with E-state index in [1.807, 2.05) is 97.1 Å². The van der Waals surface area contributed by atoms with Crippen molar-refractivity contribution in [3.05, 3.63) is 132 Å². The molecule has 1 fully saturated rings. The molecule has 3 amide bonds. The number of nitrogens with one attached hydrogen (secondary N) is 4. The van der Waals surface area contributed by atoms with Gasteiger partial charge in [0.2, 0.25) is 17.7 Å². The second kappa shape index (κ2) is 16.3. The molecule has 4 N–H and O–H groups in total. The monoisotopic (exact) mass is 656 g/mol. The zero-order valence-electron chi connectivity index (χ0n) is 27.7. The molecule has 8 nitrogen and oxygen atoms in total. The van der Waals surface area contributed by atoms with Crippen molar-refractivity contribution >= 4 is 23.8 Å². The molecular weight excluding hydrogens is 612 g/mol. The number of hydrogen-bond acceptors (Lipinski definition) is 5. The minimum Gasteiger partial charge on any atom is -0.492 e. The van der Waals surface area contributed by atoms with E-state index in [1.54, 1.807) is 0 Å². The van der Waals surface area contributed by atoms with Crippen LogP contribution in [-0.2, 0) is 27.2 Å². The third kappa shape index (κ3) is 8.83. The number of carbonyl (C=O) groups is 3. The summed E-state index contributed by atoms with van der Waals surface area (Å²) in [7, 11) is 0. The summed E-state index contributed by atoms with van der Waals surface area (Å²) in [5, 5.41) is 12.6. The molecule has 1 aliphatic carbocycles. The predicted molar refractivity (Wildman–Crippen MR) is 193 cm³/mol. The molecule has 6 rings (SSSR count). The molecule has 0 radical (unpaired) electrons. The summed E-state index contributed by atoms with van der Waals surface area (Å²) in [6.45, 7) is 1.05. The molecule has 4 aromatic rings. The summed E-state index contributed by atoms with van der Waals surface area (Å²) in [4.78, 5) is 41.9. The van der Waals surface area contributed by atoms with Gasteiger partial charge in [0.15, 0.2) is 0 Å². The maximum atomic E-state index is 14.2. The topological polar surface area (TPSA) is 109 Å². The van der Waals surface area contributed by atoms with Gasteiger partial charge in [-0.15, -0.1) is 0 Å². The summed E-state index contributed by atoms with van der Waals surface area (Å²) >= 11 is 0. The van der Waals surface area contributed by atoms with Gasteiger partial charge in [-0.1, -0.05) is 128 Å². The van der Waals surface area contributed by atoms with Gasteiger partial charge in [0, 0.05) is 25.1 Å². The maximum Gasteiger partial charge on any atom is 0.246 e. The van der Waals surface area contributed by atoms with Crippen LogP contribution in [-0.4, -0.2) is 55.0 Å². The molecule has 0 bridgehead atoms. The number of hydrogen-bond donors (Lipinski definition) is 4. The van der Waals surface area contributed by atoms with Crippen molar-refractivity contribution in [2.45, 2.75) is 56.1 Å². The van der Waals surface area contributed by atoms with Gasteiger partial charge in [-0.05, 0) is 47.6 Å². The van der Waals surface area contributed by atoms with Crippen LogP contribution in [0.5, 0.6) is 5.75 Å². The summed E-state index contributed by atoms with van der Waals surface area (Å²) in [5.41, 5.74) is 3.92. The van der Waals surface area contributed by atoms with Gasteiger partial charge in [0.25, 0.3) is 0 Å². The van der Waals surface area contributed by atoms with E-state index >= 15 is 0 Å². The Morgan fingerprint density at radius 3 is 2.06 bits per heavy atom. The number of para-hydroxylation sites is 1. The Bertz CT molecular complexity index is 1730. The number of benzene rings is 4. The highest BCUT2D eigenvalue weighted by Gasteiger charge is 2.44. The van der Waals surface area contributed by atoms with Crippen LogP contribution >= 0.6 is 0 Å². The molecule has 0 unspecified atom stereocenters. The molecule has 252 valence electrons. The number of fused-ring (bicyclic) bond motifs is 1. The molecular formula is C41H44N4O4. The number of rotatable bonds is 5. The fourth-order valence-corrected chi connectivity index (χ4v) is 6.64. The van der Waals surface area contributed by atoms with Crippen LogP contribution in [0.2, 0.25) is 0 Å². The molecule has 1 heterocycles. The molecule has 49 heavy (non-hydrogen) atoms. The standard InChI is InChI=1S/C41H44N4O4/c46-38-36(29-30-12-3-1-4-13-30)44-40(48)41(23-9-10-24-41)45-39(47)35(28-31-19-21-33(22-20-31)32-14-5-2-6-15-32)42-26-27-49-37-18-8-7-16-34(37)17-11-25-43-38/h1-8,11-22,35-36,42H,9-10,23-29H2,(H,43,46)(H,44,48)(H,45,47)/b17-11-/t35-,36-/m0/s1. The average molecular weight is 657 g/mol. The van der Waals surface area contributed by atoms with E-state index in [4.69, 9.17) is 4.74 Å². The van der Waals surface area contributed by atoms with Crippen molar-refractivity contribution in [3.63, 3.8) is 0 Å². The minimum absolute atomic E-state index is 0.252. The van der Waals surface area contributed by atoms with Crippen molar-refractivity contribution in [1.29, 1.82) is 0 Å². The van der Waals surface area contributed by atoms with E-state index in [0.717, 1.165) is 40.7 Å². The van der Waals surface area contributed by atoms with Crippen LogP contribution in [0.25, 0.3) is 17.2 Å². The van der Waals surface area contributed by atoms with Crippen LogP contribution < -0.4 is 26.0 Å². The van der Waals surface area contributed by atoms with Crippen LogP contribution in [0.3, 0.4) is 0 Å². The Hall–Kier alpha value is -5.21. The number of carbonyl (C=O) groups excluding carboxylic acids is 3. The highest BCUT2D eigenvalue weighted by molar-refractivity contribution is 5.96. The lowest BCUT2D eigenvalue weighted by molar-refractivity contribution is -0.136. The number of amides is 3. The second-order valence-electron chi connectivity index (χ2n) is 12.8. The Labute approximate surface area is 288 Å². The highest BCUT2D eigenvalue weighted by atomic mass is 16.5. The second-order valence-corrected chi connectivity index (χ2v) is 12.8. The van der Waals surface area contributed by atoms with Crippen molar-refractivity contribution in [2.75, 3.05) is 19.7 Å². The van der Waals surface area contributed by atoms with Crippen molar-refractivity contribution in [3.8, 4) is 16.9 Å². The molecule has 0 saturated heterocycles. The first-order chi connectivity index (χ1) is 24.0. The first kappa shape index (κ1) is 33.7. The Morgan fingerprint density at radius 2 is 1.31 bits per heavy atom. The Kier molecular flexibility index (Phi) is 11.2. The zero-order valence-corrected chi connectivity index (χ0v) is 27.7. The molecule has 1 spiro atoms. The van der Waals surface area contributed by atoms with Crippen molar-refractivity contribution in [1.82, 2.24) is 21.3 Å². The molecule has 2 aliphatic rings. The van der Waals surface area contributed by atoms with Gasteiger partial charge >= 0.3 is 0 Å². The van der Waals surface area contributed by atoms with Gasteiger partial charge in [-0.3, -0.25) is 14.4 Å². The fourth-order valence-electron chi connectivity index (χ4n) is 6.64. The molecule has 8 heteroatoms. The maximum absolute atomic E-state index is 14.2. The van der Waals surface area contributed by atoms with E-state index in [2.05, 4.69) is 45.5 Å². The van der Waals surface area contributed by atoms with E-state index in [0.29, 0.717) is 44.6 Å². The Balaban J connectivity index is 1.27. The van der Waals surface area contributed by atoms with Gasteiger partial charge < -0.3 is 26.0 Å². The van der Waals surface area contributed by atoms with Crippen LogP contribution in [0.1, 0.15) is 42.4 Å². The average Bonchev–Trinajstić information content (AvgIpc) is 3.62. The van der Waals surface area contributed by atoms with Gasteiger partial charge in [0.1, 0.15) is 23.9 Å². The van der Waals surface area contributed by atoms with Crippen molar-refractivity contribution < 1.29 is 19.1 Å². The summed E-state index contributed by atoms with van der Waals surface area (Å²) < 4.78 is 6.15. The summed E-state index contributed by atoms with van der Waals surface area (Å²) in [6.07, 6.45) is 7.17. The molecule has 1 saturated carbocycles. The van der Waals surface area contributed by atoms with E-state index in [1.165, 1.54) is 0 Å². The lowest BCUT2D eigenvalue weighted by Gasteiger charge is -2.33. The SMILES string of the molecule is O=C1NC2(CCCC2)C(=O)N[C@@H](Cc2ccccc2)C(=O)NC/C=C\c2ccccc2OCCN[C@H]1Cc1ccc(-c2ccccc2)cc1. The first-order valence-electron chi connectivity index (χ1n) is 17.2. The largest absolute Gasteiger partial charge is 0.492 e. The van der Waals surface area contributed by atoms with Gasteiger partial charge in [-0.2, -0.15) is 0 Å². The van der Waals surface area contributed by atoms with Crippen LogP contribution in [0, 0.1) is 0 Å². The Morgan fingerprint density at radius 1 is 0.673 bits per heavy atom. The third-order valence-corrected chi connectivity index (χ3v) is 9.34. The summed E-state index contributed by atoms with van der Waals surface area (Å²) in [6, 6.07) is 34.3. The third-order valence-electron chi connectivity index (χ3n) is 9.34. The molecule has 4 aromatic carbocycles. The lowest BCUT2D eigenvalue weighted by Crippen LogP contribution is -2.63. The highest BCUT2D eigenvalue weighted by Crippen LogP contribution is 2.31. The fraction of sp³-hybridized carbons (Fsp3) is 0.293. The van der Waals surface area contributed by atoms with Crippen molar-refractivity contribution in [2.24, 2.45) is 0 Å². The first-order valence-corrected chi connectivity index (χ1v) is 17.2. The molecule has 0 aromatic heterocycles. The number of ether oxygens (including phenoxy) is 1. The van der Waals surface area contributed by atoms with Crippen LogP contribution in [0.4, 0.5) is 0 Å². The van der Waals surface area contributed by atoms with E-state index < -0.39 is 17.6 Å². The summed E-state index contributed by atoms with van der Waals surface area (Å²) in [5.74, 6) is -0.151. The zero-order chi connectivity index (χ0) is 33.9. The van der Waals surface area contributed by atoms with E-state index in [-0.39, 0.29) is 24.3 Å². The van der Waals surface area contributed by atoms with Gasteiger partial charge in [0.05, 0.1) is 6.04 Å². The van der Waals surface area contributed by atoms with Gasteiger partial charge in [-0.25, -0.2) is 0 Å². The van der Waals surface area contributed by atoms with Crippen LogP contribution in [0.15, 0.2) is 115 Å². The van der Waals surface area contributed by atoms with E-state index in [9.17, 15) is 14.4 Å². The smallest absolute Gasteiger partial charge is 0.246 e. The minimum atomic E-state index is -1.11. The molecule has 2 atom stereocenters. The lowest BCUT2D eigenvalue weighted by atomic mass is 9.93. The predicted octanol–water partition coefficient (Wildman–Crippen LogP) is 5.23. The normalized spacial score (nSPS) is 20.9. The molecule has 1 aliphatic heterocycles.